The van der Waals surface area contributed by atoms with E-state index in [1.54, 1.807) is 25.1 Å². The number of carbonyl (C=O) groups is 2. The summed E-state index contributed by atoms with van der Waals surface area (Å²) in [6.07, 6.45) is -0.611. The van der Waals surface area contributed by atoms with Gasteiger partial charge < -0.3 is 19.8 Å². The molecule has 8 nitrogen and oxygen atoms in total. The minimum atomic E-state index is -0.643. The summed E-state index contributed by atoms with van der Waals surface area (Å²) >= 11 is 6.27. The van der Waals surface area contributed by atoms with Crippen LogP contribution in [-0.2, 0) is 11.3 Å². The Bertz CT molecular complexity index is 725. The van der Waals surface area contributed by atoms with Gasteiger partial charge in [-0.05, 0) is 11.6 Å². The van der Waals surface area contributed by atoms with Crippen molar-refractivity contribution in [1.29, 1.82) is 0 Å². The monoisotopic (exact) mass is 365 g/mol. The highest BCUT2D eigenvalue weighted by molar-refractivity contribution is 6.31. The van der Waals surface area contributed by atoms with Gasteiger partial charge in [0.1, 0.15) is 0 Å². The highest BCUT2D eigenvalue weighted by Gasteiger charge is 2.49. The number of fused-ring (bicyclic) bond motifs is 1. The Hall–Kier alpha value is -2.32. The van der Waals surface area contributed by atoms with E-state index in [1.165, 1.54) is 4.90 Å². The molecule has 134 valence electrons. The number of nitrogens with zero attached hydrogens (tertiary/aromatic N) is 4. The molecule has 0 aromatic heterocycles. The van der Waals surface area contributed by atoms with Crippen molar-refractivity contribution in [1.82, 2.24) is 20.0 Å². The van der Waals surface area contributed by atoms with Crippen molar-refractivity contribution in [3.8, 4) is 0 Å². The third-order valence-corrected chi connectivity index (χ3v) is 4.78. The minimum Gasteiger partial charge on any atom is -0.395 e. The highest BCUT2D eigenvalue weighted by atomic mass is 35.5. The summed E-state index contributed by atoms with van der Waals surface area (Å²) in [5, 5.41) is 12.2. The molecule has 0 radical (unpaired) electrons. The molecule has 1 saturated heterocycles. The van der Waals surface area contributed by atoms with Crippen molar-refractivity contribution in [2.24, 2.45) is 4.99 Å². The Labute approximate surface area is 150 Å². The van der Waals surface area contributed by atoms with Gasteiger partial charge >= 0.3 is 6.03 Å². The van der Waals surface area contributed by atoms with E-state index in [2.05, 4.69) is 10.3 Å². The number of halogens is 1. The van der Waals surface area contributed by atoms with Crippen LogP contribution in [0.5, 0.6) is 0 Å². The third-order valence-electron chi connectivity index (χ3n) is 4.41. The van der Waals surface area contributed by atoms with Crippen LogP contribution in [-0.4, -0.2) is 77.2 Å². The number of likely N-dealkylation sites (N-methyl/N-ethyl adjacent to an activating group) is 2. The topological polar surface area (TPSA) is 88.5 Å². The van der Waals surface area contributed by atoms with E-state index >= 15 is 0 Å². The van der Waals surface area contributed by atoms with Crippen LogP contribution in [0.4, 0.5) is 4.79 Å². The molecule has 0 saturated carbocycles. The summed E-state index contributed by atoms with van der Waals surface area (Å²) in [6.45, 7) is 0.674. The first kappa shape index (κ1) is 17.5. The van der Waals surface area contributed by atoms with E-state index in [0.717, 1.165) is 5.56 Å². The first-order chi connectivity index (χ1) is 11.9. The van der Waals surface area contributed by atoms with Gasteiger partial charge in [0.05, 0.1) is 6.61 Å². The number of urea groups is 1. The molecule has 2 heterocycles. The molecule has 2 atom stereocenters. The molecule has 3 amide bonds. The number of aliphatic hydroxyl groups excluding tert-OH is 1. The quantitative estimate of drug-likeness (QED) is 0.801. The normalized spacial score (nSPS) is 22.6. The fourth-order valence-corrected chi connectivity index (χ4v) is 3.25. The molecule has 2 N–H and O–H groups in total. The zero-order chi connectivity index (χ0) is 18.1. The van der Waals surface area contributed by atoms with Gasteiger partial charge in [-0.2, -0.15) is 0 Å². The maximum atomic E-state index is 12.5. The summed E-state index contributed by atoms with van der Waals surface area (Å²) < 4.78 is 0. The maximum absolute atomic E-state index is 12.5. The van der Waals surface area contributed by atoms with E-state index in [1.807, 2.05) is 23.1 Å². The molecular formula is C16H20ClN5O3. The standard InChI is InChI=1S/C16H20ClN5O3/c1-20(7-8-23)15-18-13-12(14(24)19-16(25)21(13)2)22(15)9-10-5-3-4-6-11(10)17/h3-6,12-13,23H,7-9H2,1-2H3,(H,19,24,25). The smallest absolute Gasteiger partial charge is 0.325 e. The van der Waals surface area contributed by atoms with Gasteiger partial charge in [-0.15, -0.1) is 0 Å². The van der Waals surface area contributed by atoms with Crippen molar-refractivity contribution in [2.75, 3.05) is 27.2 Å². The van der Waals surface area contributed by atoms with Gasteiger partial charge in [0.2, 0.25) is 0 Å². The van der Waals surface area contributed by atoms with Crippen LogP contribution in [0, 0.1) is 0 Å². The number of guanidine groups is 1. The number of hydrogen-bond acceptors (Lipinski definition) is 6. The van der Waals surface area contributed by atoms with Crippen LogP contribution < -0.4 is 5.32 Å². The Balaban J connectivity index is 1.97. The van der Waals surface area contributed by atoms with Gasteiger partial charge in [0.15, 0.2) is 18.2 Å². The van der Waals surface area contributed by atoms with E-state index in [-0.39, 0.29) is 6.61 Å². The summed E-state index contributed by atoms with van der Waals surface area (Å²) in [4.78, 5) is 33.9. The van der Waals surface area contributed by atoms with Crippen LogP contribution in [0.15, 0.2) is 29.3 Å². The van der Waals surface area contributed by atoms with E-state index < -0.39 is 24.1 Å². The molecular weight excluding hydrogens is 346 g/mol. The predicted octanol–water partition coefficient (Wildman–Crippen LogP) is 0.312. The molecule has 1 aromatic rings. The molecule has 9 heteroatoms. The highest BCUT2D eigenvalue weighted by Crippen LogP contribution is 2.28. The lowest BCUT2D eigenvalue weighted by atomic mass is 10.1. The van der Waals surface area contributed by atoms with Crippen LogP contribution in [0.1, 0.15) is 5.56 Å². The number of carbonyl (C=O) groups excluding carboxylic acids is 2. The first-order valence-corrected chi connectivity index (χ1v) is 8.29. The van der Waals surface area contributed by atoms with Gasteiger partial charge in [-0.1, -0.05) is 29.8 Å². The van der Waals surface area contributed by atoms with E-state index in [4.69, 9.17) is 11.6 Å². The van der Waals surface area contributed by atoms with Crippen molar-refractivity contribution in [3.05, 3.63) is 34.9 Å². The lowest BCUT2D eigenvalue weighted by Crippen LogP contribution is -2.64. The van der Waals surface area contributed by atoms with E-state index in [9.17, 15) is 14.7 Å². The molecule has 0 spiro atoms. The van der Waals surface area contributed by atoms with Crippen LogP contribution in [0.3, 0.4) is 0 Å². The molecule has 3 rings (SSSR count). The van der Waals surface area contributed by atoms with Crippen LogP contribution in [0.2, 0.25) is 5.02 Å². The summed E-state index contributed by atoms with van der Waals surface area (Å²) in [7, 11) is 3.39. The minimum absolute atomic E-state index is 0.0498. The number of aliphatic imine (C=N–C) groups is 1. The molecule has 1 fully saturated rings. The lowest BCUT2D eigenvalue weighted by Gasteiger charge is -2.37. The number of imide groups is 1. The number of amides is 3. The van der Waals surface area contributed by atoms with Crippen LogP contribution >= 0.6 is 11.6 Å². The predicted molar refractivity (Wildman–Crippen MR) is 93.0 cm³/mol. The van der Waals surface area contributed by atoms with Gasteiger partial charge in [-0.25, -0.2) is 9.79 Å². The SMILES string of the molecule is CN(CCO)C1=NC2C(C(=O)NC(=O)N2C)N1Cc1ccccc1Cl. The van der Waals surface area contributed by atoms with Crippen molar-refractivity contribution in [2.45, 2.75) is 18.8 Å². The zero-order valence-electron chi connectivity index (χ0n) is 14.0. The summed E-state index contributed by atoms with van der Waals surface area (Å²) in [5.74, 6) is 0.150. The second-order valence-electron chi connectivity index (χ2n) is 6.06. The maximum Gasteiger partial charge on any atom is 0.325 e. The number of aliphatic hydroxyl groups is 1. The van der Waals surface area contributed by atoms with Crippen LogP contribution in [0.25, 0.3) is 0 Å². The second kappa shape index (κ2) is 6.89. The lowest BCUT2D eigenvalue weighted by molar-refractivity contribution is -0.127. The first-order valence-electron chi connectivity index (χ1n) is 7.91. The van der Waals surface area contributed by atoms with Crippen molar-refractivity contribution < 1.29 is 14.7 Å². The molecule has 0 aliphatic carbocycles. The van der Waals surface area contributed by atoms with Gasteiger partial charge in [0, 0.05) is 32.2 Å². The second-order valence-corrected chi connectivity index (χ2v) is 6.46. The molecule has 25 heavy (non-hydrogen) atoms. The Morgan fingerprint density at radius 2 is 2.08 bits per heavy atom. The average Bonchev–Trinajstić information content (AvgIpc) is 2.95. The van der Waals surface area contributed by atoms with Crippen molar-refractivity contribution >= 4 is 29.5 Å². The number of hydrogen-bond donors (Lipinski definition) is 2. The molecule has 2 unspecified atom stereocenters. The molecule has 1 aromatic carbocycles. The van der Waals surface area contributed by atoms with Gasteiger partial charge in [0.25, 0.3) is 5.91 Å². The third kappa shape index (κ3) is 3.14. The fraction of sp³-hybridized carbons (Fsp3) is 0.438. The number of nitrogens with one attached hydrogen (secondary N) is 1. The molecule has 2 aliphatic rings. The molecule has 0 bridgehead atoms. The number of benzene rings is 1. The Kier molecular flexibility index (Phi) is 4.82. The summed E-state index contributed by atoms with van der Waals surface area (Å²) in [5.41, 5.74) is 0.849. The fourth-order valence-electron chi connectivity index (χ4n) is 3.06. The average molecular weight is 366 g/mol. The number of rotatable bonds is 4. The Morgan fingerprint density at radius 1 is 1.36 bits per heavy atom. The largest absolute Gasteiger partial charge is 0.395 e. The van der Waals surface area contributed by atoms with E-state index in [0.29, 0.717) is 24.1 Å². The van der Waals surface area contributed by atoms with Crippen molar-refractivity contribution in [3.63, 3.8) is 0 Å². The zero-order valence-corrected chi connectivity index (χ0v) is 14.8. The molecule has 2 aliphatic heterocycles. The van der Waals surface area contributed by atoms with Gasteiger partial charge in [-0.3, -0.25) is 10.1 Å². The summed E-state index contributed by atoms with van der Waals surface area (Å²) in [6, 6.07) is 6.27. The Morgan fingerprint density at radius 3 is 2.76 bits per heavy atom.